The number of pyridine rings is 1. The Morgan fingerprint density at radius 1 is 1.13 bits per heavy atom. The van der Waals surface area contributed by atoms with E-state index in [4.69, 9.17) is 29.3 Å². The number of ether oxygens (including phenoxy) is 2. The molecule has 0 unspecified atom stereocenters. The number of halogens is 6. The minimum atomic E-state index is -5.08. The normalized spacial score (nSPS) is 21.7. The van der Waals surface area contributed by atoms with Gasteiger partial charge in [-0.25, -0.2) is 9.59 Å². The lowest BCUT2D eigenvalue weighted by Gasteiger charge is -2.39. The molecular formula is C23H26F6N2O6S. The van der Waals surface area contributed by atoms with Crippen LogP contribution in [0.4, 0.5) is 26.3 Å². The molecule has 8 nitrogen and oxygen atoms in total. The van der Waals surface area contributed by atoms with Gasteiger partial charge in [0, 0.05) is 36.8 Å². The van der Waals surface area contributed by atoms with E-state index in [1.807, 2.05) is 23.6 Å². The minimum absolute atomic E-state index is 0.00485. The number of carboxylic acid groups (broad SMARTS) is 2. The van der Waals surface area contributed by atoms with Crippen LogP contribution in [0.3, 0.4) is 0 Å². The number of carboxylic acids is 2. The summed E-state index contributed by atoms with van der Waals surface area (Å²) in [6.45, 7) is 4.58. The van der Waals surface area contributed by atoms with Crippen molar-refractivity contribution in [2.24, 2.45) is 0 Å². The summed E-state index contributed by atoms with van der Waals surface area (Å²) in [5, 5.41) is 16.4. The third-order valence-electron chi connectivity index (χ3n) is 5.45. The van der Waals surface area contributed by atoms with Crippen LogP contribution >= 0.6 is 11.3 Å². The number of rotatable bonds is 5. The van der Waals surface area contributed by atoms with Crippen molar-refractivity contribution in [1.82, 2.24) is 9.88 Å². The molecule has 0 aromatic carbocycles. The van der Waals surface area contributed by atoms with Crippen LogP contribution in [0, 0.1) is 0 Å². The number of piperidine rings is 1. The van der Waals surface area contributed by atoms with Crippen molar-refractivity contribution in [2.45, 2.75) is 56.5 Å². The van der Waals surface area contributed by atoms with E-state index in [1.165, 1.54) is 17.8 Å². The lowest BCUT2D eigenvalue weighted by Crippen LogP contribution is -2.47. The molecule has 2 aliphatic rings. The topological polar surface area (TPSA) is 109 Å². The largest absolute Gasteiger partial charge is 0.490 e. The van der Waals surface area contributed by atoms with Gasteiger partial charge in [-0.05, 0) is 42.5 Å². The lowest BCUT2D eigenvalue weighted by molar-refractivity contribution is -0.193. The first-order valence-electron chi connectivity index (χ1n) is 11.2. The van der Waals surface area contributed by atoms with Gasteiger partial charge < -0.3 is 19.7 Å². The number of likely N-dealkylation sites (tertiary alicyclic amines) is 1. The minimum Gasteiger partial charge on any atom is -0.475 e. The Kier molecular flexibility index (Phi) is 11.5. The van der Waals surface area contributed by atoms with E-state index >= 15 is 0 Å². The fourth-order valence-electron chi connectivity index (χ4n) is 3.84. The quantitative estimate of drug-likeness (QED) is 0.495. The molecule has 0 radical (unpaired) electrons. The summed E-state index contributed by atoms with van der Waals surface area (Å²) in [5.74, 6) is -5.51. The average molecular weight is 573 g/mol. The summed E-state index contributed by atoms with van der Waals surface area (Å²) in [7, 11) is 0. The maximum atomic E-state index is 10.6. The van der Waals surface area contributed by atoms with Crippen molar-refractivity contribution in [1.29, 1.82) is 0 Å². The van der Waals surface area contributed by atoms with Gasteiger partial charge in [0.1, 0.15) is 0 Å². The zero-order valence-electron chi connectivity index (χ0n) is 19.9. The van der Waals surface area contributed by atoms with E-state index in [0.29, 0.717) is 13.2 Å². The van der Waals surface area contributed by atoms with Gasteiger partial charge >= 0.3 is 24.3 Å². The maximum Gasteiger partial charge on any atom is 0.490 e. The van der Waals surface area contributed by atoms with Gasteiger partial charge in [-0.15, -0.1) is 11.3 Å². The molecule has 212 valence electrons. The third-order valence-corrected chi connectivity index (χ3v) is 6.31. The van der Waals surface area contributed by atoms with Crippen molar-refractivity contribution in [3.05, 3.63) is 52.5 Å². The molecule has 4 heterocycles. The first-order valence-corrected chi connectivity index (χ1v) is 12.1. The predicted molar refractivity (Wildman–Crippen MR) is 122 cm³/mol. The number of hydrogen-bond acceptors (Lipinski definition) is 7. The highest BCUT2D eigenvalue weighted by Gasteiger charge is 2.44. The third kappa shape index (κ3) is 10.9. The number of hydrogen-bond donors (Lipinski definition) is 2. The predicted octanol–water partition coefficient (Wildman–Crippen LogP) is 4.75. The van der Waals surface area contributed by atoms with Gasteiger partial charge in [-0.3, -0.25) is 9.88 Å². The monoisotopic (exact) mass is 572 g/mol. The van der Waals surface area contributed by atoms with Crippen LogP contribution in [0.1, 0.15) is 29.7 Å². The lowest BCUT2D eigenvalue weighted by atomic mass is 9.89. The first-order chi connectivity index (χ1) is 17.7. The van der Waals surface area contributed by atoms with E-state index in [-0.39, 0.29) is 11.7 Å². The first kappa shape index (κ1) is 31.5. The summed E-state index contributed by atoms with van der Waals surface area (Å²) >= 11 is 1.84. The van der Waals surface area contributed by atoms with E-state index in [2.05, 4.69) is 33.5 Å². The van der Waals surface area contributed by atoms with Crippen LogP contribution in [0.5, 0.6) is 0 Å². The zero-order valence-corrected chi connectivity index (χ0v) is 20.7. The van der Waals surface area contributed by atoms with Crippen LogP contribution in [0.25, 0.3) is 0 Å². The molecule has 1 spiro atoms. The maximum absolute atomic E-state index is 10.6. The van der Waals surface area contributed by atoms with Gasteiger partial charge in [-0.2, -0.15) is 26.3 Å². The Bertz CT molecular complexity index is 982. The van der Waals surface area contributed by atoms with Crippen LogP contribution in [-0.2, 0) is 32.2 Å². The molecule has 2 saturated heterocycles. The highest BCUT2D eigenvalue weighted by atomic mass is 32.1. The molecule has 15 heteroatoms. The average Bonchev–Trinajstić information content (AvgIpc) is 3.48. The number of thiophene rings is 1. The molecule has 2 aliphatic heterocycles. The Balaban J connectivity index is 0.000000301. The standard InChI is InChI=1S/C19H24N2O2S.2C2HF3O2/c1-4-16(11-20-7-1)13-22-17-10-19(23-14-17)6-3-8-21(15-19)12-18-5-2-9-24-18;2*3-2(4,5)1(6)7/h1-2,4-5,7,9,11,17H,3,6,8,10,12-15H2;2*(H,6,7)/t17-,19+;;/m1../s1. The number of aliphatic carboxylic acids is 2. The zero-order chi connectivity index (χ0) is 28.4. The van der Waals surface area contributed by atoms with Gasteiger partial charge in [0.05, 0.1) is 24.9 Å². The smallest absolute Gasteiger partial charge is 0.475 e. The van der Waals surface area contributed by atoms with Gasteiger partial charge in [0.25, 0.3) is 0 Å². The summed E-state index contributed by atoms with van der Waals surface area (Å²) in [5.41, 5.74) is 1.12. The second-order valence-electron chi connectivity index (χ2n) is 8.49. The second-order valence-corrected chi connectivity index (χ2v) is 9.52. The molecule has 0 bridgehead atoms. The fraction of sp³-hybridized carbons (Fsp3) is 0.522. The molecule has 0 amide bonds. The van der Waals surface area contributed by atoms with Crippen molar-refractivity contribution in [3.8, 4) is 0 Å². The molecular weight excluding hydrogens is 546 g/mol. The highest BCUT2D eigenvalue weighted by molar-refractivity contribution is 7.09. The summed E-state index contributed by atoms with van der Waals surface area (Å²) in [6.07, 6.45) is -2.93. The SMILES string of the molecule is O=C(O)C(F)(F)F.O=C(O)C(F)(F)F.c1cncc(CO[C@H]2CO[C@@]3(CCCN(Cc4cccs4)C3)C2)c1. The van der Waals surface area contributed by atoms with E-state index in [9.17, 15) is 26.3 Å². The fourth-order valence-corrected chi connectivity index (χ4v) is 4.59. The molecule has 2 aromatic rings. The Hall–Kier alpha value is -2.75. The summed E-state index contributed by atoms with van der Waals surface area (Å²) < 4.78 is 75.8. The molecule has 2 aromatic heterocycles. The van der Waals surface area contributed by atoms with Crippen molar-refractivity contribution >= 4 is 23.3 Å². The Labute approximate surface area is 217 Å². The molecule has 0 saturated carbocycles. The van der Waals surface area contributed by atoms with Gasteiger partial charge in [0.2, 0.25) is 0 Å². The van der Waals surface area contributed by atoms with Crippen LogP contribution in [0.15, 0.2) is 42.0 Å². The van der Waals surface area contributed by atoms with Crippen LogP contribution in [-0.4, -0.2) is 75.8 Å². The molecule has 0 aliphatic carbocycles. The van der Waals surface area contributed by atoms with Crippen molar-refractivity contribution in [3.63, 3.8) is 0 Å². The molecule has 2 atom stereocenters. The van der Waals surface area contributed by atoms with E-state index in [0.717, 1.165) is 31.5 Å². The van der Waals surface area contributed by atoms with Crippen molar-refractivity contribution < 1.29 is 55.6 Å². The molecule has 38 heavy (non-hydrogen) atoms. The Morgan fingerprint density at radius 3 is 2.32 bits per heavy atom. The van der Waals surface area contributed by atoms with Crippen molar-refractivity contribution in [2.75, 3.05) is 19.7 Å². The van der Waals surface area contributed by atoms with Gasteiger partial charge in [-0.1, -0.05) is 12.1 Å². The van der Waals surface area contributed by atoms with E-state index < -0.39 is 24.3 Å². The molecule has 2 N–H and O–H groups in total. The van der Waals surface area contributed by atoms with Crippen LogP contribution < -0.4 is 0 Å². The van der Waals surface area contributed by atoms with E-state index in [1.54, 1.807) is 6.20 Å². The number of nitrogens with zero attached hydrogens (tertiary/aromatic N) is 2. The highest BCUT2D eigenvalue weighted by Crippen LogP contribution is 2.36. The summed E-state index contributed by atoms with van der Waals surface area (Å²) in [4.78, 5) is 25.9. The van der Waals surface area contributed by atoms with Crippen LogP contribution in [0.2, 0.25) is 0 Å². The Morgan fingerprint density at radius 2 is 1.79 bits per heavy atom. The number of carbonyl (C=O) groups is 2. The molecule has 4 rings (SSSR count). The summed E-state index contributed by atoms with van der Waals surface area (Å²) in [6, 6.07) is 8.37. The number of aromatic nitrogens is 1. The second kappa shape index (κ2) is 13.9. The number of alkyl halides is 6. The van der Waals surface area contributed by atoms with Gasteiger partial charge in [0.15, 0.2) is 0 Å². The molecule has 2 fully saturated rings.